The Morgan fingerprint density at radius 3 is 2.70 bits per heavy atom. The molecule has 0 aliphatic carbocycles. The molecule has 5 nitrogen and oxygen atoms in total. The van der Waals surface area contributed by atoms with Gasteiger partial charge in [-0.15, -0.1) is 11.3 Å². The van der Waals surface area contributed by atoms with E-state index < -0.39 is 5.97 Å². The average Bonchev–Trinajstić information content (AvgIpc) is 2.94. The highest BCUT2D eigenvalue weighted by Gasteiger charge is 2.12. The third-order valence-corrected chi connectivity index (χ3v) is 4.80. The smallest absolute Gasteiger partial charge is 0.305 e. The molecular weight excluding hydrogens is 312 g/mol. The minimum absolute atomic E-state index is 0.00524. The predicted molar refractivity (Wildman–Crippen MR) is 91.7 cm³/mol. The molecular formula is C17H22N2O3S. The fraction of sp³-hybridized carbons (Fsp3) is 0.471. The van der Waals surface area contributed by atoms with Crippen LogP contribution >= 0.6 is 11.3 Å². The Kier molecular flexibility index (Phi) is 6.52. The number of aromatic nitrogens is 1. The van der Waals surface area contributed by atoms with Crippen molar-refractivity contribution in [1.29, 1.82) is 0 Å². The molecule has 1 heterocycles. The van der Waals surface area contributed by atoms with E-state index >= 15 is 0 Å². The van der Waals surface area contributed by atoms with E-state index in [1.54, 1.807) is 16.2 Å². The van der Waals surface area contributed by atoms with Crippen molar-refractivity contribution in [3.05, 3.63) is 29.3 Å². The maximum Gasteiger partial charge on any atom is 0.305 e. The molecule has 0 saturated carbocycles. The van der Waals surface area contributed by atoms with E-state index in [9.17, 15) is 9.59 Å². The monoisotopic (exact) mass is 334 g/mol. The number of carbonyl (C=O) groups is 2. The van der Waals surface area contributed by atoms with Crippen LogP contribution in [0.2, 0.25) is 0 Å². The number of unbranched alkanes of at least 4 members (excludes halogenated alkanes) is 1. The van der Waals surface area contributed by atoms with Crippen molar-refractivity contribution in [2.75, 3.05) is 13.1 Å². The molecule has 0 fully saturated rings. The molecule has 0 saturated heterocycles. The van der Waals surface area contributed by atoms with Gasteiger partial charge >= 0.3 is 5.97 Å². The van der Waals surface area contributed by atoms with Gasteiger partial charge in [-0.3, -0.25) is 9.59 Å². The number of benzene rings is 1. The summed E-state index contributed by atoms with van der Waals surface area (Å²) in [5, 5.41) is 9.80. The van der Waals surface area contributed by atoms with E-state index in [1.165, 1.54) is 4.70 Å². The maximum atomic E-state index is 12.1. The molecule has 1 N–H and O–H groups in total. The Bertz CT molecular complexity index is 636. The SMILES string of the molecule is CCN(CCC(=O)O)C(=O)CCCCc1nc2ccccc2s1. The zero-order valence-electron chi connectivity index (χ0n) is 13.3. The highest BCUT2D eigenvalue weighted by molar-refractivity contribution is 7.18. The number of hydrogen-bond acceptors (Lipinski definition) is 4. The van der Waals surface area contributed by atoms with Crippen LogP contribution in [0.4, 0.5) is 0 Å². The number of hydrogen-bond donors (Lipinski definition) is 1. The Morgan fingerprint density at radius 2 is 2.00 bits per heavy atom. The summed E-state index contributed by atoms with van der Waals surface area (Å²) < 4.78 is 1.20. The number of carbonyl (C=O) groups excluding carboxylic acids is 1. The third-order valence-electron chi connectivity index (χ3n) is 3.70. The summed E-state index contributed by atoms with van der Waals surface area (Å²) in [6.07, 6.45) is 3.08. The highest BCUT2D eigenvalue weighted by Crippen LogP contribution is 2.22. The molecule has 0 radical (unpaired) electrons. The van der Waals surface area contributed by atoms with Crippen LogP contribution in [0.25, 0.3) is 10.2 Å². The van der Waals surface area contributed by atoms with Gasteiger partial charge in [-0.2, -0.15) is 0 Å². The molecule has 1 aromatic carbocycles. The number of carboxylic acid groups (broad SMARTS) is 1. The van der Waals surface area contributed by atoms with Crippen LogP contribution in [-0.2, 0) is 16.0 Å². The molecule has 124 valence electrons. The molecule has 0 bridgehead atoms. The van der Waals surface area contributed by atoms with Crippen LogP contribution in [-0.4, -0.2) is 40.0 Å². The number of para-hydroxylation sites is 1. The van der Waals surface area contributed by atoms with Gasteiger partial charge < -0.3 is 10.0 Å². The van der Waals surface area contributed by atoms with Gasteiger partial charge in [-0.05, 0) is 38.3 Å². The summed E-state index contributed by atoms with van der Waals surface area (Å²) in [4.78, 5) is 28.9. The second-order valence-corrected chi connectivity index (χ2v) is 6.51. The zero-order chi connectivity index (χ0) is 16.7. The largest absolute Gasteiger partial charge is 0.481 e. The van der Waals surface area contributed by atoms with Crippen LogP contribution in [0.5, 0.6) is 0 Å². The van der Waals surface area contributed by atoms with E-state index in [0.29, 0.717) is 19.5 Å². The zero-order valence-corrected chi connectivity index (χ0v) is 14.1. The normalized spacial score (nSPS) is 10.8. The molecule has 0 atom stereocenters. The van der Waals surface area contributed by atoms with Gasteiger partial charge in [0.05, 0.1) is 21.6 Å². The van der Waals surface area contributed by atoms with E-state index in [-0.39, 0.29) is 12.3 Å². The van der Waals surface area contributed by atoms with Gasteiger partial charge in [0.1, 0.15) is 0 Å². The van der Waals surface area contributed by atoms with E-state index in [4.69, 9.17) is 5.11 Å². The Hall–Kier alpha value is -1.95. The lowest BCUT2D eigenvalue weighted by atomic mass is 10.2. The lowest BCUT2D eigenvalue weighted by molar-refractivity contribution is -0.138. The Morgan fingerprint density at radius 1 is 1.22 bits per heavy atom. The Labute approximate surface area is 139 Å². The van der Waals surface area contributed by atoms with Crippen molar-refractivity contribution in [2.45, 2.75) is 39.0 Å². The summed E-state index contributed by atoms with van der Waals surface area (Å²) >= 11 is 1.71. The van der Waals surface area contributed by atoms with Gasteiger partial charge in [0, 0.05) is 19.5 Å². The van der Waals surface area contributed by atoms with Crippen LogP contribution in [0.15, 0.2) is 24.3 Å². The van der Waals surface area contributed by atoms with Crippen LogP contribution in [0.3, 0.4) is 0 Å². The maximum absolute atomic E-state index is 12.1. The van der Waals surface area contributed by atoms with Crippen molar-refractivity contribution >= 4 is 33.4 Å². The number of fused-ring (bicyclic) bond motifs is 1. The van der Waals surface area contributed by atoms with Crippen molar-refractivity contribution in [3.63, 3.8) is 0 Å². The minimum atomic E-state index is -0.868. The molecule has 0 aliphatic heterocycles. The summed E-state index contributed by atoms with van der Waals surface area (Å²) in [6.45, 7) is 2.73. The topological polar surface area (TPSA) is 70.5 Å². The van der Waals surface area contributed by atoms with Crippen molar-refractivity contribution in [2.24, 2.45) is 0 Å². The number of aryl methyl sites for hydroxylation is 1. The number of thiazole rings is 1. The molecule has 0 spiro atoms. The van der Waals surface area contributed by atoms with Gasteiger partial charge in [0.2, 0.25) is 5.91 Å². The van der Waals surface area contributed by atoms with Gasteiger partial charge in [0.25, 0.3) is 0 Å². The van der Waals surface area contributed by atoms with Gasteiger partial charge in [-0.25, -0.2) is 4.98 Å². The molecule has 1 amide bonds. The summed E-state index contributed by atoms with van der Waals surface area (Å²) in [5.41, 5.74) is 1.04. The molecule has 1 aromatic heterocycles. The van der Waals surface area contributed by atoms with Crippen molar-refractivity contribution in [3.8, 4) is 0 Å². The second-order valence-electron chi connectivity index (χ2n) is 5.40. The summed E-state index contributed by atoms with van der Waals surface area (Å²) in [7, 11) is 0. The number of carboxylic acids is 1. The average molecular weight is 334 g/mol. The first-order valence-corrected chi connectivity index (χ1v) is 8.75. The van der Waals surface area contributed by atoms with Crippen LogP contribution in [0.1, 0.15) is 37.6 Å². The van der Waals surface area contributed by atoms with E-state index in [0.717, 1.165) is 29.8 Å². The number of nitrogens with zero attached hydrogens (tertiary/aromatic N) is 2. The van der Waals surface area contributed by atoms with E-state index in [2.05, 4.69) is 11.1 Å². The molecule has 2 rings (SSSR count). The Balaban J connectivity index is 1.73. The molecule has 6 heteroatoms. The lowest BCUT2D eigenvalue weighted by Crippen LogP contribution is -2.32. The lowest BCUT2D eigenvalue weighted by Gasteiger charge is -2.19. The first-order chi connectivity index (χ1) is 11.1. The molecule has 23 heavy (non-hydrogen) atoms. The van der Waals surface area contributed by atoms with Crippen LogP contribution < -0.4 is 0 Å². The predicted octanol–water partition coefficient (Wildman–Crippen LogP) is 3.33. The molecule has 2 aromatic rings. The fourth-order valence-corrected chi connectivity index (χ4v) is 3.44. The van der Waals surface area contributed by atoms with E-state index in [1.807, 2.05) is 25.1 Å². The van der Waals surface area contributed by atoms with Crippen molar-refractivity contribution in [1.82, 2.24) is 9.88 Å². The highest BCUT2D eigenvalue weighted by atomic mass is 32.1. The number of aliphatic carboxylic acids is 1. The minimum Gasteiger partial charge on any atom is -0.481 e. The molecule has 0 unspecified atom stereocenters. The van der Waals surface area contributed by atoms with Crippen LogP contribution in [0, 0.1) is 0 Å². The summed E-state index contributed by atoms with van der Waals surface area (Å²) in [6, 6.07) is 8.09. The quantitative estimate of drug-likeness (QED) is 0.714. The first-order valence-electron chi connectivity index (χ1n) is 7.94. The van der Waals surface area contributed by atoms with Crippen molar-refractivity contribution < 1.29 is 14.7 Å². The molecule has 0 aliphatic rings. The first kappa shape index (κ1) is 17.4. The standard InChI is InChI=1S/C17H22N2O3S/c1-2-19(12-11-17(21)22)16(20)10-6-5-9-15-18-13-7-3-4-8-14(13)23-15/h3-4,7-8H,2,5-6,9-12H2,1H3,(H,21,22). The second kappa shape index (κ2) is 8.62. The van der Waals surface area contributed by atoms with Gasteiger partial charge in [0.15, 0.2) is 0 Å². The summed E-state index contributed by atoms with van der Waals surface area (Å²) in [5.74, 6) is -0.829. The fourth-order valence-electron chi connectivity index (χ4n) is 2.43. The number of amides is 1. The number of rotatable bonds is 9. The van der Waals surface area contributed by atoms with Gasteiger partial charge in [-0.1, -0.05) is 12.1 Å². The third kappa shape index (κ3) is 5.32.